The third kappa shape index (κ3) is 4.44. The number of nitrogens with zero attached hydrogens (tertiary/aromatic N) is 1. The fraction of sp³-hybridized carbons (Fsp3) is 0.0667. The minimum absolute atomic E-state index is 0.242. The number of hydrogen-bond donors (Lipinski definition) is 0. The van der Waals surface area contributed by atoms with Gasteiger partial charge in [-0.05, 0) is 29.8 Å². The zero-order valence-corrected chi connectivity index (χ0v) is 11.2. The normalized spacial score (nSPS) is 10.2. The van der Waals surface area contributed by atoms with E-state index in [-0.39, 0.29) is 6.61 Å². The summed E-state index contributed by atoms with van der Waals surface area (Å²) in [5, 5.41) is 11.2. The van der Waals surface area contributed by atoms with Crippen molar-refractivity contribution >= 4 is 11.8 Å². The number of hydrogen-bond acceptors (Lipinski definition) is 4. The Morgan fingerprint density at radius 3 is 2.32 bits per heavy atom. The van der Waals surface area contributed by atoms with E-state index >= 15 is 0 Å². The molecule has 2 aromatic carbocycles. The molecule has 0 N–H and O–H groups in total. The molecule has 0 radical (unpaired) electrons. The van der Waals surface area contributed by atoms with E-state index in [1.54, 1.807) is 11.8 Å². The largest absolute Gasteiger partial charge is 0.734 e. The van der Waals surface area contributed by atoms with E-state index in [0.717, 1.165) is 16.7 Å². The Hall–Kier alpha value is -1.75. The molecule has 2 aromatic rings. The van der Waals surface area contributed by atoms with E-state index in [0.29, 0.717) is 5.23 Å². The summed E-state index contributed by atoms with van der Waals surface area (Å²) >= 11 is 1.70. The molecule has 0 heterocycles. The fourth-order valence-electron chi connectivity index (χ4n) is 1.47. The first-order valence-electron chi connectivity index (χ1n) is 5.81. The lowest BCUT2D eigenvalue weighted by molar-refractivity contribution is -0.0930. The predicted octanol–water partition coefficient (Wildman–Crippen LogP) is 4.21. The van der Waals surface area contributed by atoms with Gasteiger partial charge in [-0.15, -0.1) is 0 Å². The second-order valence-electron chi connectivity index (χ2n) is 3.80. The van der Waals surface area contributed by atoms with E-state index in [9.17, 15) is 5.21 Å². The Labute approximate surface area is 117 Å². The topological polar surface area (TPSA) is 35.5 Å². The van der Waals surface area contributed by atoms with Gasteiger partial charge in [0.1, 0.15) is 0 Å². The maximum absolute atomic E-state index is 10.9. The number of hydroxylamine groups is 2. The van der Waals surface area contributed by atoms with Crippen molar-refractivity contribution in [3.8, 4) is 0 Å². The second kappa shape index (κ2) is 6.99. The summed E-state index contributed by atoms with van der Waals surface area (Å²) in [4.78, 5) is 7.24. The maximum atomic E-state index is 10.9. The third-order valence-corrected chi connectivity index (χ3v) is 3.43. The molecule has 0 saturated heterocycles. The van der Waals surface area contributed by atoms with Crippen LogP contribution in [0.3, 0.4) is 0 Å². The molecular formula is C15H14NO2S-. The molecular weight excluding hydrogens is 258 g/mol. The molecule has 0 spiro atoms. The molecule has 3 nitrogen and oxygen atoms in total. The standard InChI is InChI=1S/C15H14NO2S/c1-2-16(17)18-12-13-8-10-15(11-9-13)19-14-6-4-3-5-7-14/h2-11H,1,12H2/q-1. The van der Waals surface area contributed by atoms with Gasteiger partial charge in [-0.3, -0.25) is 4.84 Å². The van der Waals surface area contributed by atoms with Crippen LogP contribution in [-0.4, -0.2) is 5.23 Å². The Kier molecular flexibility index (Phi) is 5.03. The van der Waals surface area contributed by atoms with E-state index in [2.05, 4.69) is 18.7 Å². The van der Waals surface area contributed by atoms with E-state index < -0.39 is 0 Å². The van der Waals surface area contributed by atoms with Crippen LogP contribution in [0.1, 0.15) is 5.56 Å². The van der Waals surface area contributed by atoms with Crippen LogP contribution >= 0.6 is 11.8 Å². The lowest BCUT2D eigenvalue weighted by Gasteiger charge is -2.23. The Morgan fingerprint density at radius 2 is 1.68 bits per heavy atom. The van der Waals surface area contributed by atoms with Crippen molar-refractivity contribution in [3.63, 3.8) is 0 Å². The molecule has 4 heteroatoms. The van der Waals surface area contributed by atoms with E-state index in [1.165, 1.54) is 4.90 Å². The van der Waals surface area contributed by atoms with E-state index in [1.807, 2.05) is 42.5 Å². The van der Waals surface area contributed by atoms with Gasteiger partial charge in [-0.2, -0.15) is 0 Å². The minimum atomic E-state index is 0.242. The summed E-state index contributed by atoms with van der Waals surface area (Å²) < 4.78 is 0. The number of rotatable bonds is 6. The summed E-state index contributed by atoms with van der Waals surface area (Å²) in [7, 11) is 0. The monoisotopic (exact) mass is 272 g/mol. The number of benzene rings is 2. The van der Waals surface area contributed by atoms with Gasteiger partial charge in [0.25, 0.3) is 0 Å². The molecule has 0 unspecified atom stereocenters. The first kappa shape index (κ1) is 13.7. The van der Waals surface area contributed by atoms with Crippen LogP contribution in [0.15, 0.2) is 77.2 Å². The molecule has 0 atom stereocenters. The van der Waals surface area contributed by atoms with Gasteiger partial charge in [0.15, 0.2) is 0 Å². The average Bonchev–Trinajstić information content (AvgIpc) is 2.47. The Balaban J connectivity index is 1.93. The van der Waals surface area contributed by atoms with Gasteiger partial charge >= 0.3 is 0 Å². The molecule has 0 aliphatic heterocycles. The Morgan fingerprint density at radius 1 is 1.05 bits per heavy atom. The first-order chi connectivity index (χ1) is 9.28. The van der Waals surface area contributed by atoms with Gasteiger partial charge in [-0.25, -0.2) is 0 Å². The summed E-state index contributed by atoms with van der Waals surface area (Å²) in [6, 6.07) is 18.1. The SMILES string of the molecule is C=CN([O-])OCc1ccc(Sc2ccccc2)cc1. The molecule has 0 saturated carbocycles. The van der Waals surface area contributed by atoms with E-state index in [4.69, 9.17) is 4.84 Å². The fourth-order valence-corrected chi connectivity index (χ4v) is 2.31. The van der Waals surface area contributed by atoms with Gasteiger partial charge in [-0.1, -0.05) is 48.7 Å². The highest BCUT2D eigenvalue weighted by molar-refractivity contribution is 7.99. The van der Waals surface area contributed by atoms with Crippen LogP contribution in [0.4, 0.5) is 0 Å². The van der Waals surface area contributed by atoms with Crippen molar-refractivity contribution in [2.45, 2.75) is 16.4 Å². The third-order valence-electron chi connectivity index (χ3n) is 2.41. The zero-order valence-electron chi connectivity index (χ0n) is 10.4. The molecule has 2 rings (SSSR count). The highest BCUT2D eigenvalue weighted by Crippen LogP contribution is 2.27. The molecule has 0 fully saturated rings. The average molecular weight is 272 g/mol. The molecule has 0 aromatic heterocycles. The Bertz CT molecular complexity index is 513. The molecule has 0 aliphatic rings. The van der Waals surface area contributed by atoms with Crippen LogP contribution in [0.25, 0.3) is 0 Å². The lowest BCUT2D eigenvalue weighted by atomic mass is 10.2. The smallest absolute Gasteiger partial charge is 0.0989 e. The van der Waals surface area contributed by atoms with Gasteiger partial charge < -0.3 is 10.4 Å². The first-order valence-corrected chi connectivity index (χ1v) is 6.63. The predicted molar refractivity (Wildman–Crippen MR) is 77.2 cm³/mol. The van der Waals surface area contributed by atoms with Crippen LogP contribution in [0.2, 0.25) is 0 Å². The van der Waals surface area contributed by atoms with Gasteiger partial charge in [0.2, 0.25) is 0 Å². The van der Waals surface area contributed by atoms with Gasteiger partial charge in [0.05, 0.1) is 6.61 Å². The van der Waals surface area contributed by atoms with Crippen LogP contribution in [-0.2, 0) is 11.4 Å². The van der Waals surface area contributed by atoms with Crippen molar-refractivity contribution in [1.82, 2.24) is 5.23 Å². The van der Waals surface area contributed by atoms with Gasteiger partial charge in [0, 0.05) is 16.0 Å². The molecule has 0 aliphatic carbocycles. The molecule has 19 heavy (non-hydrogen) atoms. The second-order valence-corrected chi connectivity index (χ2v) is 4.95. The van der Waals surface area contributed by atoms with Crippen molar-refractivity contribution in [2.24, 2.45) is 0 Å². The molecule has 98 valence electrons. The van der Waals surface area contributed by atoms with Crippen molar-refractivity contribution < 1.29 is 4.84 Å². The minimum Gasteiger partial charge on any atom is -0.734 e. The highest BCUT2D eigenvalue weighted by Gasteiger charge is 1.98. The summed E-state index contributed by atoms with van der Waals surface area (Å²) in [6.07, 6.45) is 1.08. The maximum Gasteiger partial charge on any atom is 0.0989 e. The molecule has 0 bridgehead atoms. The highest BCUT2D eigenvalue weighted by atomic mass is 32.2. The molecule has 0 amide bonds. The summed E-state index contributed by atoms with van der Waals surface area (Å²) in [5.41, 5.74) is 0.945. The van der Waals surface area contributed by atoms with Crippen LogP contribution < -0.4 is 0 Å². The van der Waals surface area contributed by atoms with Crippen LogP contribution in [0.5, 0.6) is 0 Å². The van der Waals surface area contributed by atoms with Crippen molar-refractivity contribution in [3.05, 3.63) is 78.1 Å². The quantitative estimate of drug-likeness (QED) is 0.738. The lowest BCUT2D eigenvalue weighted by Crippen LogP contribution is -2.08. The van der Waals surface area contributed by atoms with Crippen molar-refractivity contribution in [1.29, 1.82) is 0 Å². The van der Waals surface area contributed by atoms with Crippen LogP contribution in [0, 0.1) is 5.21 Å². The summed E-state index contributed by atoms with van der Waals surface area (Å²) in [6.45, 7) is 3.56. The van der Waals surface area contributed by atoms with Crippen molar-refractivity contribution in [2.75, 3.05) is 0 Å². The zero-order chi connectivity index (χ0) is 13.5. The summed E-state index contributed by atoms with van der Waals surface area (Å²) in [5.74, 6) is 0.